The van der Waals surface area contributed by atoms with Crippen LogP contribution in [0.2, 0.25) is 0 Å². The normalized spacial score (nSPS) is 12.5. The average Bonchev–Trinajstić information content (AvgIpc) is 2.78. The number of halogens is 1. The van der Waals surface area contributed by atoms with E-state index in [4.69, 9.17) is 11.0 Å². The maximum atomic E-state index is 11.4. The number of nitrogen functional groups attached to an aromatic ring is 1. The van der Waals surface area contributed by atoms with Gasteiger partial charge in [-0.25, -0.2) is 0 Å². The monoisotopic (exact) mass is 342 g/mol. The molecule has 0 aliphatic carbocycles. The van der Waals surface area contributed by atoms with Gasteiger partial charge in [0.25, 0.3) is 0 Å². The molecule has 2 aromatic carbocycles. The van der Waals surface area contributed by atoms with Crippen LogP contribution in [0.3, 0.4) is 0 Å². The van der Waals surface area contributed by atoms with Crippen LogP contribution in [0.5, 0.6) is 0 Å². The number of amides is 1. The quantitative estimate of drug-likeness (QED) is 0.731. The molecule has 1 amide bonds. The molecule has 5 nitrogen and oxygen atoms in total. The van der Waals surface area contributed by atoms with Crippen LogP contribution in [-0.2, 0) is 11.2 Å². The minimum absolute atomic E-state index is 0.0401. The van der Waals surface area contributed by atoms with Gasteiger partial charge in [-0.2, -0.15) is 5.26 Å². The molecule has 0 aromatic heterocycles. The molecule has 0 saturated heterocycles. The average molecular weight is 343 g/mol. The summed E-state index contributed by atoms with van der Waals surface area (Å²) in [5, 5.41) is 15.1. The second-order valence-electron chi connectivity index (χ2n) is 4.75. The number of benzene rings is 2. The molecule has 1 aliphatic rings. The van der Waals surface area contributed by atoms with E-state index in [9.17, 15) is 4.79 Å². The molecular formula is C15H11BrN4O. The topological polar surface area (TPSA) is 90.9 Å². The van der Waals surface area contributed by atoms with E-state index in [0.29, 0.717) is 29.0 Å². The Hall–Kier alpha value is -2.52. The molecule has 1 aliphatic heterocycles. The van der Waals surface area contributed by atoms with Gasteiger partial charge in [0.15, 0.2) is 0 Å². The molecule has 6 heteroatoms. The zero-order chi connectivity index (χ0) is 15.0. The molecule has 1 heterocycles. The Bertz CT molecular complexity index is 795. The van der Waals surface area contributed by atoms with Crippen molar-refractivity contribution in [3.63, 3.8) is 0 Å². The highest BCUT2D eigenvalue weighted by atomic mass is 79.9. The van der Waals surface area contributed by atoms with E-state index in [1.54, 1.807) is 24.3 Å². The van der Waals surface area contributed by atoms with Crippen LogP contribution in [0.15, 0.2) is 34.8 Å². The number of hydrogen-bond acceptors (Lipinski definition) is 4. The molecule has 0 saturated carbocycles. The number of nitrogens with one attached hydrogen (secondary N) is 2. The predicted molar refractivity (Wildman–Crippen MR) is 85.3 cm³/mol. The first kappa shape index (κ1) is 13.5. The van der Waals surface area contributed by atoms with Crippen LogP contribution in [0.25, 0.3) is 0 Å². The van der Waals surface area contributed by atoms with Crippen molar-refractivity contribution in [2.24, 2.45) is 0 Å². The fraction of sp³-hybridized carbons (Fsp3) is 0.0667. The second kappa shape index (κ2) is 5.11. The third-order valence-corrected chi connectivity index (χ3v) is 3.77. The molecule has 2 aromatic rings. The van der Waals surface area contributed by atoms with Gasteiger partial charge in [0.2, 0.25) is 5.91 Å². The number of carbonyl (C=O) groups excluding carboxylic acids is 1. The molecule has 0 radical (unpaired) electrons. The molecular weight excluding hydrogens is 332 g/mol. The van der Waals surface area contributed by atoms with Crippen molar-refractivity contribution in [3.8, 4) is 6.07 Å². The lowest BCUT2D eigenvalue weighted by molar-refractivity contribution is -0.115. The number of fused-ring (bicyclic) bond motifs is 1. The van der Waals surface area contributed by atoms with Gasteiger partial charge < -0.3 is 16.4 Å². The Morgan fingerprint density at radius 2 is 2.10 bits per heavy atom. The van der Waals surface area contributed by atoms with Crippen molar-refractivity contribution in [2.75, 3.05) is 16.4 Å². The molecule has 21 heavy (non-hydrogen) atoms. The molecule has 0 atom stereocenters. The third-order valence-electron chi connectivity index (χ3n) is 3.27. The van der Waals surface area contributed by atoms with Crippen LogP contribution in [-0.4, -0.2) is 5.91 Å². The maximum Gasteiger partial charge on any atom is 0.228 e. The fourth-order valence-electron chi connectivity index (χ4n) is 2.26. The summed E-state index contributed by atoms with van der Waals surface area (Å²) < 4.78 is 0.858. The first-order valence-electron chi connectivity index (χ1n) is 6.26. The maximum absolute atomic E-state index is 11.4. The van der Waals surface area contributed by atoms with E-state index >= 15 is 0 Å². The van der Waals surface area contributed by atoms with Gasteiger partial charge in [-0.15, -0.1) is 0 Å². The number of nitrogens with two attached hydrogens (primary N) is 1. The molecule has 0 spiro atoms. The van der Waals surface area contributed by atoms with Gasteiger partial charge in [0.05, 0.1) is 29.0 Å². The lowest BCUT2D eigenvalue weighted by Gasteiger charge is -2.13. The summed E-state index contributed by atoms with van der Waals surface area (Å²) in [6.07, 6.45) is 0.347. The second-order valence-corrected chi connectivity index (χ2v) is 5.66. The number of nitriles is 1. The van der Waals surface area contributed by atoms with E-state index in [0.717, 1.165) is 15.7 Å². The van der Waals surface area contributed by atoms with E-state index in [2.05, 4.69) is 32.6 Å². The van der Waals surface area contributed by atoms with Gasteiger partial charge in [-0.05, 0) is 35.9 Å². The summed E-state index contributed by atoms with van der Waals surface area (Å²) in [7, 11) is 0. The highest BCUT2D eigenvalue weighted by Crippen LogP contribution is 2.34. The Kier molecular flexibility index (Phi) is 3.28. The Balaban J connectivity index is 2.00. The van der Waals surface area contributed by atoms with Crippen molar-refractivity contribution in [1.82, 2.24) is 0 Å². The predicted octanol–water partition coefficient (Wildman–Crippen LogP) is 3.14. The van der Waals surface area contributed by atoms with Crippen LogP contribution < -0.4 is 16.4 Å². The zero-order valence-corrected chi connectivity index (χ0v) is 12.5. The summed E-state index contributed by atoms with van der Waals surface area (Å²) in [6.45, 7) is 0. The molecule has 0 fully saturated rings. The van der Waals surface area contributed by atoms with Gasteiger partial charge in [-0.3, -0.25) is 4.79 Å². The first-order valence-corrected chi connectivity index (χ1v) is 7.05. The largest absolute Gasteiger partial charge is 0.397 e. The number of rotatable bonds is 2. The molecule has 4 N–H and O–H groups in total. The van der Waals surface area contributed by atoms with Gasteiger partial charge in [0.1, 0.15) is 6.07 Å². The van der Waals surface area contributed by atoms with Crippen LogP contribution in [0.4, 0.5) is 22.7 Å². The minimum Gasteiger partial charge on any atom is -0.397 e. The summed E-state index contributed by atoms with van der Waals surface area (Å²) >= 11 is 3.38. The Morgan fingerprint density at radius 3 is 2.86 bits per heavy atom. The van der Waals surface area contributed by atoms with Gasteiger partial charge >= 0.3 is 0 Å². The molecule has 104 valence electrons. The van der Waals surface area contributed by atoms with Gasteiger partial charge in [0, 0.05) is 10.2 Å². The number of carbonyl (C=O) groups is 1. The van der Waals surface area contributed by atoms with Crippen molar-refractivity contribution < 1.29 is 4.79 Å². The summed E-state index contributed by atoms with van der Waals surface area (Å²) in [5.41, 5.74) is 10.0. The standard InChI is InChI=1S/C15H11BrN4O/c16-10-2-1-8(7-17)12(5-10)19-14-6-13-9(3-11(14)18)4-15(21)20-13/h1-3,5-6,19H,4,18H2,(H,20,21). The summed E-state index contributed by atoms with van der Waals surface area (Å²) in [5.74, 6) is -0.0401. The highest BCUT2D eigenvalue weighted by molar-refractivity contribution is 9.10. The van der Waals surface area contributed by atoms with Crippen molar-refractivity contribution >= 4 is 44.6 Å². The molecule has 0 bridgehead atoms. The third kappa shape index (κ3) is 2.56. The highest BCUT2D eigenvalue weighted by Gasteiger charge is 2.19. The SMILES string of the molecule is N#Cc1ccc(Br)cc1Nc1cc2c(cc1N)CC(=O)N2. The number of anilines is 4. The lowest BCUT2D eigenvalue weighted by atomic mass is 10.1. The van der Waals surface area contributed by atoms with Crippen molar-refractivity contribution in [1.29, 1.82) is 5.26 Å². The lowest BCUT2D eigenvalue weighted by Crippen LogP contribution is -2.03. The smallest absolute Gasteiger partial charge is 0.228 e. The first-order chi connectivity index (χ1) is 10.1. The zero-order valence-electron chi connectivity index (χ0n) is 10.9. The van der Waals surface area contributed by atoms with E-state index in [-0.39, 0.29) is 5.91 Å². The Morgan fingerprint density at radius 1 is 1.29 bits per heavy atom. The fourth-order valence-corrected chi connectivity index (χ4v) is 2.63. The van der Waals surface area contributed by atoms with Crippen LogP contribution in [0.1, 0.15) is 11.1 Å². The van der Waals surface area contributed by atoms with Crippen molar-refractivity contribution in [2.45, 2.75) is 6.42 Å². The van der Waals surface area contributed by atoms with Crippen molar-refractivity contribution in [3.05, 3.63) is 45.9 Å². The van der Waals surface area contributed by atoms with E-state index in [1.165, 1.54) is 0 Å². The van der Waals surface area contributed by atoms with Crippen LogP contribution >= 0.6 is 15.9 Å². The minimum atomic E-state index is -0.0401. The van der Waals surface area contributed by atoms with Gasteiger partial charge in [-0.1, -0.05) is 15.9 Å². The molecule has 0 unspecified atom stereocenters. The number of nitrogens with zero attached hydrogens (tertiary/aromatic N) is 1. The van der Waals surface area contributed by atoms with E-state index in [1.807, 2.05) is 6.07 Å². The number of hydrogen-bond donors (Lipinski definition) is 3. The van der Waals surface area contributed by atoms with E-state index < -0.39 is 0 Å². The summed E-state index contributed by atoms with van der Waals surface area (Å²) in [6, 6.07) is 11.0. The Labute approximate surface area is 129 Å². The summed E-state index contributed by atoms with van der Waals surface area (Å²) in [4.78, 5) is 11.4. The molecule has 3 rings (SSSR count). The van der Waals surface area contributed by atoms with Crippen LogP contribution in [0, 0.1) is 11.3 Å².